The average molecular weight is 341 g/mol. The molecule has 0 aromatic heterocycles. The highest BCUT2D eigenvalue weighted by Crippen LogP contribution is 2.28. The van der Waals surface area contributed by atoms with Gasteiger partial charge in [-0.2, -0.15) is 5.26 Å². The van der Waals surface area contributed by atoms with E-state index in [1.165, 1.54) is 6.07 Å². The summed E-state index contributed by atoms with van der Waals surface area (Å²) in [6.07, 6.45) is 0. The molecule has 2 aromatic rings. The van der Waals surface area contributed by atoms with Crippen LogP contribution in [0.1, 0.15) is 11.1 Å². The maximum Gasteiger partial charge on any atom is 0.145 e. The van der Waals surface area contributed by atoms with Crippen LogP contribution in [0, 0.1) is 17.1 Å². The van der Waals surface area contributed by atoms with Gasteiger partial charge in [-0.05, 0) is 45.8 Å². The molecular formula is C14H8BrClFNO. The lowest BCUT2D eigenvalue weighted by molar-refractivity contribution is 0.474. The highest BCUT2D eigenvalue weighted by Gasteiger charge is 2.08. The number of benzene rings is 2. The summed E-state index contributed by atoms with van der Waals surface area (Å²) in [5.41, 5.74) is 1.19. The van der Waals surface area contributed by atoms with Crippen LogP contribution in [0.25, 0.3) is 0 Å². The largest absolute Gasteiger partial charge is 0.456 e. The van der Waals surface area contributed by atoms with E-state index in [0.29, 0.717) is 27.4 Å². The van der Waals surface area contributed by atoms with E-state index < -0.39 is 5.82 Å². The summed E-state index contributed by atoms with van der Waals surface area (Å²) in [5, 5.41) is 9.06. The number of nitriles is 1. The van der Waals surface area contributed by atoms with Gasteiger partial charge in [0.2, 0.25) is 0 Å². The lowest BCUT2D eigenvalue weighted by atomic mass is 10.1. The van der Waals surface area contributed by atoms with Gasteiger partial charge in [-0.25, -0.2) is 4.39 Å². The van der Waals surface area contributed by atoms with E-state index in [1.54, 1.807) is 30.3 Å². The third-order valence-electron chi connectivity index (χ3n) is 2.44. The molecule has 0 aliphatic carbocycles. The van der Waals surface area contributed by atoms with Crippen molar-refractivity contribution in [2.75, 3.05) is 0 Å². The Morgan fingerprint density at radius 3 is 2.68 bits per heavy atom. The summed E-state index contributed by atoms with van der Waals surface area (Å²) in [7, 11) is 0. The molecule has 0 atom stereocenters. The van der Waals surface area contributed by atoms with Gasteiger partial charge in [0.1, 0.15) is 23.4 Å². The van der Waals surface area contributed by atoms with Crippen LogP contribution in [-0.2, 0) is 5.88 Å². The summed E-state index contributed by atoms with van der Waals surface area (Å²) in [6.45, 7) is 0. The summed E-state index contributed by atoms with van der Waals surface area (Å²) < 4.78 is 19.2. The number of ether oxygens (including phenoxy) is 1. The summed E-state index contributed by atoms with van der Waals surface area (Å²) in [5.74, 6) is 0.601. The van der Waals surface area contributed by atoms with E-state index in [4.69, 9.17) is 21.6 Å². The number of halogens is 3. The Hall–Kier alpha value is -1.57. The monoisotopic (exact) mass is 339 g/mol. The minimum atomic E-state index is -0.423. The minimum Gasteiger partial charge on any atom is -0.456 e. The molecule has 96 valence electrons. The van der Waals surface area contributed by atoms with Gasteiger partial charge in [-0.1, -0.05) is 6.07 Å². The number of alkyl halides is 1. The number of rotatable bonds is 3. The molecule has 2 aromatic carbocycles. The quantitative estimate of drug-likeness (QED) is 0.737. The Balaban J connectivity index is 2.33. The fourth-order valence-corrected chi connectivity index (χ4v) is 1.92. The molecular weight excluding hydrogens is 333 g/mol. The van der Waals surface area contributed by atoms with Crippen molar-refractivity contribution in [3.8, 4) is 17.6 Å². The summed E-state index contributed by atoms with van der Waals surface area (Å²) >= 11 is 8.77. The molecule has 0 aliphatic heterocycles. The first-order chi connectivity index (χ1) is 9.13. The maximum atomic E-state index is 13.4. The molecule has 2 rings (SSSR count). The molecule has 0 aliphatic rings. The Bertz CT molecular complexity index is 654. The topological polar surface area (TPSA) is 33.0 Å². The molecule has 0 bridgehead atoms. The molecule has 0 N–H and O–H groups in total. The third kappa shape index (κ3) is 3.25. The molecule has 0 spiro atoms. The first-order valence-electron chi connectivity index (χ1n) is 5.36. The molecule has 0 radical (unpaired) electrons. The van der Waals surface area contributed by atoms with Crippen LogP contribution in [0.3, 0.4) is 0 Å². The Kier molecular flexibility index (Phi) is 4.41. The van der Waals surface area contributed by atoms with Crippen LogP contribution in [0.2, 0.25) is 0 Å². The fraction of sp³-hybridized carbons (Fsp3) is 0.0714. The van der Waals surface area contributed by atoms with Crippen molar-refractivity contribution in [2.24, 2.45) is 0 Å². The predicted octanol–water partition coefficient (Wildman–Crippen LogP) is 4.99. The SMILES string of the molecule is N#Cc1cc(CCl)ccc1Oc1ccc(Br)c(F)c1. The smallest absolute Gasteiger partial charge is 0.145 e. The summed E-state index contributed by atoms with van der Waals surface area (Å²) in [6, 6.07) is 11.5. The molecule has 0 amide bonds. The zero-order chi connectivity index (χ0) is 13.8. The van der Waals surface area contributed by atoms with Crippen LogP contribution >= 0.6 is 27.5 Å². The van der Waals surface area contributed by atoms with Crippen molar-refractivity contribution in [2.45, 2.75) is 5.88 Å². The predicted molar refractivity (Wildman–Crippen MR) is 74.9 cm³/mol. The highest BCUT2D eigenvalue weighted by atomic mass is 79.9. The van der Waals surface area contributed by atoms with Gasteiger partial charge in [-0.15, -0.1) is 11.6 Å². The molecule has 0 heterocycles. The van der Waals surface area contributed by atoms with Crippen molar-refractivity contribution in [1.29, 1.82) is 5.26 Å². The molecule has 5 heteroatoms. The average Bonchev–Trinajstić information content (AvgIpc) is 2.43. The van der Waals surface area contributed by atoms with Crippen LogP contribution in [0.5, 0.6) is 11.5 Å². The molecule has 0 saturated heterocycles. The lowest BCUT2D eigenvalue weighted by Gasteiger charge is -2.08. The molecule has 0 unspecified atom stereocenters. The van der Waals surface area contributed by atoms with Gasteiger partial charge in [0.15, 0.2) is 0 Å². The number of hydrogen-bond donors (Lipinski definition) is 0. The molecule has 0 saturated carbocycles. The third-order valence-corrected chi connectivity index (χ3v) is 3.39. The second kappa shape index (κ2) is 6.05. The van der Waals surface area contributed by atoms with Crippen molar-refractivity contribution >= 4 is 27.5 Å². The van der Waals surface area contributed by atoms with Crippen LogP contribution in [0.4, 0.5) is 4.39 Å². The second-order valence-corrected chi connectivity index (χ2v) is 4.88. The van der Waals surface area contributed by atoms with E-state index in [2.05, 4.69) is 15.9 Å². The standard InChI is InChI=1S/C14H8BrClFNO/c15-12-3-2-11(6-13(12)17)19-14-4-1-9(7-16)5-10(14)8-18/h1-6H,7H2. The van der Waals surface area contributed by atoms with E-state index in [-0.39, 0.29) is 0 Å². The minimum absolute atomic E-state index is 0.321. The van der Waals surface area contributed by atoms with Gasteiger partial charge < -0.3 is 4.74 Å². The number of hydrogen-bond acceptors (Lipinski definition) is 2. The zero-order valence-electron chi connectivity index (χ0n) is 9.66. The molecule has 19 heavy (non-hydrogen) atoms. The van der Waals surface area contributed by atoms with E-state index in [1.807, 2.05) is 6.07 Å². The van der Waals surface area contributed by atoms with E-state index in [9.17, 15) is 4.39 Å². The van der Waals surface area contributed by atoms with E-state index >= 15 is 0 Å². The van der Waals surface area contributed by atoms with E-state index in [0.717, 1.165) is 5.56 Å². The second-order valence-electron chi connectivity index (χ2n) is 3.75. The Morgan fingerprint density at radius 1 is 1.26 bits per heavy atom. The Labute approximate surface area is 123 Å². The van der Waals surface area contributed by atoms with Crippen LogP contribution < -0.4 is 4.74 Å². The van der Waals surface area contributed by atoms with Gasteiger partial charge in [0.05, 0.1) is 10.0 Å². The van der Waals surface area contributed by atoms with Crippen molar-refractivity contribution in [3.63, 3.8) is 0 Å². The number of nitrogens with zero attached hydrogens (tertiary/aromatic N) is 1. The van der Waals surface area contributed by atoms with Crippen molar-refractivity contribution in [1.82, 2.24) is 0 Å². The molecule has 0 fully saturated rings. The zero-order valence-corrected chi connectivity index (χ0v) is 12.0. The van der Waals surface area contributed by atoms with Gasteiger partial charge >= 0.3 is 0 Å². The highest BCUT2D eigenvalue weighted by molar-refractivity contribution is 9.10. The van der Waals surface area contributed by atoms with Crippen LogP contribution in [0.15, 0.2) is 40.9 Å². The molecule has 2 nitrogen and oxygen atoms in total. The first kappa shape index (κ1) is 13.9. The van der Waals surface area contributed by atoms with Crippen LogP contribution in [-0.4, -0.2) is 0 Å². The normalized spacial score (nSPS) is 10.0. The Morgan fingerprint density at radius 2 is 2.05 bits per heavy atom. The lowest BCUT2D eigenvalue weighted by Crippen LogP contribution is -1.91. The van der Waals surface area contributed by atoms with Gasteiger partial charge in [0.25, 0.3) is 0 Å². The fourth-order valence-electron chi connectivity index (χ4n) is 1.50. The van der Waals surface area contributed by atoms with Crippen molar-refractivity contribution < 1.29 is 9.13 Å². The first-order valence-corrected chi connectivity index (χ1v) is 6.68. The van der Waals surface area contributed by atoms with Gasteiger partial charge in [-0.3, -0.25) is 0 Å². The van der Waals surface area contributed by atoms with Gasteiger partial charge in [0, 0.05) is 11.9 Å². The summed E-state index contributed by atoms with van der Waals surface area (Å²) in [4.78, 5) is 0. The maximum absolute atomic E-state index is 13.4. The van der Waals surface area contributed by atoms with Crippen molar-refractivity contribution in [3.05, 3.63) is 57.8 Å².